The highest BCUT2D eigenvalue weighted by molar-refractivity contribution is 9.10. The average Bonchev–Trinajstić information content (AvgIpc) is 2.65. The molecule has 0 aliphatic carbocycles. The van der Waals surface area contributed by atoms with Gasteiger partial charge in [0.1, 0.15) is 0 Å². The summed E-state index contributed by atoms with van der Waals surface area (Å²) in [7, 11) is 0. The molecule has 2 rings (SSSR count). The van der Waals surface area contributed by atoms with Crippen molar-refractivity contribution < 1.29 is 0 Å². The van der Waals surface area contributed by atoms with Crippen molar-refractivity contribution in [1.82, 2.24) is 5.32 Å². The Bertz CT molecular complexity index is 380. The predicted molar refractivity (Wildman–Crippen MR) is 77.9 cm³/mol. The molecule has 0 spiro atoms. The molecule has 1 atom stereocenters. The van der Waals surface area contributed by atoms with Gasteiger partial charge < -0.3 is 10.2 Å². The first kappa shape index (κ1) is 12.9. The molecule has 1 aliphatic heterocycles. The van der Waals surface area contributed by atoms with E-state index in [4.69, 9.17) is 0 Å². The minimum Gasteiger partial charge on any atom is -0.369 e. The van der Waals surface area contributed by atoms with Crippen LogP contribution in [0.3, 0.4) is 0 Å². The number of anilines is 1. The highest BCUT2D eigenvalue weighted by Gasteiger charge is 2.24. The van der Waals surface area contributed by atoms with Crippen molar-refractivity contribution >= 4 is 21.6 Å². The Labute approximate surface area is 113 Å². The molecule has 1 fully saturated rings. The summed E-state index contributed by atoms with van der Waals surface area (Å²) in [5.41, 5.74) is 4.06. The molecule has 1 unspecified atom stereocenters. The molecule has 1 aliphatic rings. The topological polar surface area (TPSA) is 15.3 Å². The standard InChI is InChI=1S/C14H21BrN2/c1-4-16-12-5-6-17(9-12)14-11(3)7-10(2)8-13(14)15/h7-8,12,16H,4-6,9H2,1-3H3. The Morgan fingerprint density at radius 2 is 2.18 bits per heavy atom. The van der Waals surface area contributed by atoms with Gasteiger partial charge in [0.25, 0.3) is 0 Å². The molecule has 0 bridgehead atoms. The molecule has 1 N–H and O–H groups in total. The van der Waals surface area contributed by atoms with E-state index in [9.17, 15) is 0 Å². The van der Waals surface area contributed by atoms with Crippen LogP contribution in [0, 0.1) is 13.8 Å². The minimum absolute atomic E-state index is 0.646. The lowest BCUT2D eigenvalue weighted by atomic mass is 10.1. The maximum Gasteiger partial charge on any atom is 0.0541 e. The molecule has 1 aromatic rings. The predicted octanol–water partition coefficient (Wildman–Crippen LogP) is 3.25. The minimum atomic E-state index is 0.646. The molecular formula is C14H21BrN2. The fourth-order valence-electron chi connectivity index (χ4n) is 2.73. The Morgan fingerprint density at radius 3 is 2.82 bits per heavy atom. The zero-order valence-corrected chi connectivity index (χ0v) is 12.5. The first-order chi connectivity index (χ1) is 8.11. The van der Waals surface area contributed by atoms with E-state index in [2.05, 4.69) is 59.1 Å². The Kier molecular flexibility index (Phi) is 4.10. The van der Waals surface area contributed by atoms with Gasteiger partial charge in [0.15, 0.2) is 0 Å². The first-order valence-corrected chi connectivity index (χ1v) is 7.16. The zero-order valence-electron chi connectivity index (χ0n) is 10.9. The summed E-state index contributed by atoms with van der Waals surface area (Å²) < 4.78 is 1.23. The van der Waals surface area contributed by atoms with Gasteiger partial charge >= 0.3 is 0 Å². The number of nitrogens with one attached hydrogen (secondary N) is 1. The van der Waals surface area contributed by atoms with Crippen molar-refractivity contribution in [2.24, 2.45) is 0 Å². The van der Waals surface area contributed by atoms with Gasteiger partial charge in [-0.05, 0) is 59.9 Å². The largest absolute Gasteiger partial charge is 0.369 e. The van der Waals surface area contributed by atoms with Gasteiger partial charge in [-0.15, -0.1) is 0 Å². The highest BCUT2D eigenvalue weighted by atomic mass is 79.9. The first-order valence-electron chi connectivity index (χ1n) is 6.37. The van der Waals surface area contributed by atoms with Crippen LogP contribution < -0.4 is 10.2 Å². The number of halogens is 1. The molecule has 0 amide bonds. The zero-order chi connectivity index (χ0) is 12.4. The lowest BCUT2D eigenvalue weighted by Gasteiger charge is -2.23. The van der Waals surface area contributed by atoms with Crippen LogP contribution in [0.15, 0.2) is 16.6 Å². The van der Waals surface area contributed by atoms with Crippen LogP contribution in [0.5, 0.6) is 0 Å². The van der Waals surface area contributed by atoms with Crippen molar-refractivity contribution in [2.45, 2.75) is 33.2 Å². The third-order valence-corrected chi connectivity index (χ3v) is 4.00. The van der Waals surface area contributed by atoms with Crippen LogP contribution >= 0.6 is 15.9 Å². The fourth-order valence-corrected chi connectivity index (χ4v) is 3.65. The SMILES string of the molecule is CCNC1CCN(c2c(C)cc(C)cc2Br)C1. The van der Waals surface area contributed by atoms with Crippen LogP contribution in [-0.2, 0) is 0 Å². The van der Waals surface area contributed by atoms with E-state index >= 15 is 0 Å². The molecule has 3 heteroatoms. The quantitative estimate of drug-likeness (QED) is 0.921. The molecular weight excluding hydrogens is 276 g/mol. The van der Waals surface area contributed by atoms with Crippen LogP contribution in [0.4, 0.5) is 5.69 Å². The summed E-state index contributed by atoms with van der Waals surface area (Å²) in [6.45, 7) is 9.86. The Morgan fingerprint density at radius 1 is 1.41 bits per heavy atom. The van der Waals surface area contributed by atoms with Gasteiger partial charge in [0, 0.05) is 23.6 Å². The summed E-state index contributed by atoms with van der Waals surface area (Å²) in [6.07, 6.45) is 1.24. The summed E-state index contributed by atoms with van der Waals surface area (Å²) in [5.74, 6) is 0. The second-order valence-corrected chi connectivity index (χ2v) is 5.76. The van der Waals surface area contributed by atoms with Crippen molar-refractivity contribution in [3.05, 3.63) is 27.7 Å². The van der Waals surface area contributed by atoms with E-state index in [0.29, 0.717) is 6.04 Å². The third-order valence-electron chi connectivity index (χ3n) is 3.40. The Balaban J connectivity index is 2.19. The normalized spacial score (nSPS) is 20.0. The van der Waals surface area contributed by atoms with Crippen molar-refractivity contribution in [3.8, 4) is 0 Å². The molecule has 0 saturated carbocycles. The van der Waals surface area contributed by atoms with Crippen LogP contribution in [0.25, 0.3) is 0 Å². The van der Waals surface area contributed by atoms with E-state index < -0.39 is 0 Å². The lowest BCUT2D eigenvalue weighted by molar-refractivity contribution is 0.572. The fraction of sp³-hybridized carbons (Fsp3) is 0.571. The second-order valence-electron chi connectivity index (χ2n) is 4.90. The number of rotatable bonds is 3. The molecule has 1 heterocycles. The van der Waals surface area contributed by atoms with Gasteiger partial charge in [0.2, 0.25) is 0 Å². The smallest absolute Gasteiger partial charge is 0.0541 e. The molecule has 94 valence electrons. The van der Waals surface area contributed by atoms with Gasteiger partial charge in [-0.1, -0.05) is 13.0 Å². The van der Waals surface area contributed by atoms with Crippen LogP contribution in [-0.4, -0.2) is 25.7 Å². The molecule has 1 saturated heterocycles. The monoisotopic (exact) mass is 296 g/mol. The van der Waals surface area contributed by atoms with E-state index in [0.717, 1.165) is 19.6 Å². The van der Waals surface area contributed by atoms with Crippen molar-refractivity contribution in [1.29, 1.82) is 0 Å². The maximum atomic E-state index is 3.70. The number of nitrogens with zero attached hydrogens (tertiary/aromatic N) is 1. The number of hydrogen-bond donors (Lipinski definition) is 1. The second kappa shape index (κ2) is 5.40. The van der Waals surface area contributed by atoms with E-state index in [1.807, 2.05) is 0 Å². The van der Waals surface area contributed by atoms with Gasteiger partial charge in [0.05, 0.1) is 5.69 Å². The van der Waals surface area contributed by atoms with Crippen LogP contribution in [0.1, 0.15) is 24.5 Å². The molecule has 17 heavy (non-hydrogen) atoms. The van der Waals surface area contributed by atoms with E-state index in [1.165, 1.54) is 27.7 Å². The van der Waals surface area contributed by atoms with Crippen molar-refractivity contribution in [3.63, 3.8) is 0 Å². The summed E-state index contributed by atoms with van der Waals surface area (Å²) in [4.78, 5) is 2.49. The summed E-state index contributed by atoms with van der Waals surface area (Å²) in [5, 5.41) is 3.54. The highest BCUT2D eigenvalue weighted by Crippen LogP contribution is 2.33. The van der Waals surface area contributed by atoms with Gasteiger partial charge in [-0.25, -0.2) is 0 Å². The van der Waals surface area contributed by atoms with E-state index in [1.54, 1.807) is 0 Å². The molecule has 0 radical (unpaired) electrons. The number of benzene rings is 1. The molecule has 0 aromatic heterocycles. The van der Waals surface area contributed by atoms with Gasteiger partial charge in [-0.3, -0.25) is 0 Å². The third kappa shape index (κ3) is 2.83. The van der Waals surface area contributed by atoms with E-state index in [-0.39, 0.29) is 0 Å². The average molecular weight is 297 g/mol. The Hall–Kier alpha value is -0.540. The van der Waals surface area contributed by atoms with Gasteiger partial charge in [-0.2, -0.15) is 0 Å². The van der Waals surface area contributed by atoms with Crippen LogP contribution in [0.2, 0.25) is 0 Å². The lowest BCUT2D eigenvalue weighted by Crippen LogP contribution is -2.32. The number of likely N-dealkylation sites (N-methyl/N-ethyl adjacent to an activating group) is 1. The maximum absolute atomic E-state index is 3.70. The summed E-state index contributed by atoms with van der Waals surface area (Å²) >= 11 is 3.70. The molecule has 2 nitrogen and oxygen atoms in total. The van der Waals surface area contributed by atoms with Crippen molar-refractivity contribution in [2.75, 3.05) is 24.5 Å². The molecule has 1 aromatic carbocycles. The number of hydrogen-bond acceptors (Lipinski definition) is 2. The number of aryl methyl sites for hydroxylation is 2. The summed E-state index contributed by atoms with van der Waals surface area (Å²) in [6, 6.07) is 5.12.